The highest BCUT2D eigenvalue weighted by Gasteiger charge is 2.29. The number of rotatable bonds is 9. The molecule has 0 saturated carbocycles. The van der Waals surface area contributed by atoms with Gasteiger partial charge in [-0.2, -0.15) is 0 Å². The molecule has 1 fully saturated rings. The van der Waals surface area contributed by atoms with Crippen molar-refractivity contribution in [3.05, 3.63) is 219 Å². The molecule has 1 saturated heterocycles. The molecule has 23 heteroatoms. The van der Waals surface area contributed by atoms with Gasteiger partial charge in [-0.05, 0) is 144 Å². The van der Waals surface area contributed by atoms with Crippen LogP contribution in [0.5, 0.6) is 0 Å². The molecule has 0 aliphatic carbocycles. The Morgan fingerprint density at radius 1 is 0.500 bits per heavy atom. The van der Waals surface area contributed by atoms with Crippen molar-refractivity contribution in [3.63, 3.8) is 0 Å². The first-order chi connectivity index (χ1) is 42.3. The summed E-state index contributed by atoms with van der Waals surface area (Å²) in [5.41, 5.74) is 30.0. The van der Waals surface area contributed by atoms with Crippen LogP contribution in [0, 0.1) is 48.9 Å². The maximum atomic E-state index is 14.2. The normalized spacial score (nSPS) is 14.0. The van der Waals surface area contributed by atoms with Gasteiger partial charge < -0.3 is 31.9 Å². The number of hydrogen-bond acceptors (Lipinski definition) is 13. The minimum absolute atomic E-state index is 0.0614. The van der Waals surface area contributed by atoms with Gasteiger partial charge in [0, 0.05) is 118 Å². The third-order valence-electron chi connectivity index (χ3n) is 15.4. The van der Waals surface area contributed by atoms with Gasteiger partial charge in [0.1, 0.15) is 29.1 Å². The number of nitrogens with zero attached hydrogens (tertiary/aromatic N) is 10. The van der Waals surface area contributed by atoms with Crippen LogP contribution < -0.4 is 27.8 Å². The highest BCUT2D eigenvalue weighted by atomic mass is 19.1. The van der Waals surface area contributed by atoms with E-state index in [9.17, 15) is 36.3 Å². The molecule has 4 aliphatic rings. The molecular formula is C65H60F5N15O3. The summed E-state index contributed by atoms with van der Waals surface area (Å²) in [6.07, 6.45) is 5.51. The smallest absolute Gasteiger partial charge is 0.323 e. The lowest BCUT2D eigenvalue weighted by atomic mass is 10.0. The van der Waals surface area contributed by atoms with Gasteiger partial charge in [-0.25, -0.2) is 41.5 Å². The van der Waals surface area contributed by atoms with Crippen LogP contribution in [-0.2, 0) is 57.0 Å². The number of aromatic nitrogens is 6. The Bertz CT molecular complexity index is 4190. The van der Waals surface area contributed by atoms with Crippen LogP contribution in [0.1, 0.15) is 63.1 Å². The maximum Gasteiger partial charge on any atom is 0.323 e. The largest absolute Gasteiger partial charge is 0.397 e. The second-order valence-corrected chi connectivity index (χ2v) is 22.2. The van der Waals surface area contributed by atoms with E-state index in [0.29, 0.717) is 61.9 Å². The molecule has 0 unspecified atom stereocenters. The van der Waals surface area contributed by atoms with Gasteiger partial charge in [0.25, 0.3) is 0 Å². The number of fused-ring (bicyclic) bond motifs is 3. The van der Waals surface area contributed by atoms with Crippen LogP contribution >= 0.6 is 0 Å². The number of carbonyl (C=O) groups is 3. The Morgan fingerprint density at radius 2 is 0.943 bits per heavy atom. The molecule has 5 amide bonds. The fourth-order valence-corrected chi connectivity index (χ4v) is 10.8. The predicted octanol–water partition coefficient (Wildman–Crippen LogP) is 11.1. The van der Waals surface area contributed by atoms with Crippen molar-refractivity contribution < 1.29 is 36.3 Å². The standard InChI is InChI=1S/C24H24F2N6O.C21H19FN4O.C20H17F2N5O/c1-14-9-31(10-14)13-18-6-15-11-32(12-16(15)8-28-18)24(33)30-23-21(27)4-5-22(29-23)19-3-2-17(25)7-20(19)26;1-13-8-14-11-26(12-15(14)10-24-13)21(27)9-20-18(23)6-7-19(25-20)16-4-2-3-5-17(16)22;1-11-6-12-9-27(10-13(12)8-24-11)20(28)26-19-17(23)4-5-18(25-19)15-3-2-14(21)7-16(15)22/h2-8,14H,9-13,27H2,1H3,(H,29,30,33);2-8,10H,9,11-12,23H2,1H3;2-8H,9-10,23H2,1H3,(H,25,26,28). The third kappa shape index (κ3) is 13.5. The molecular weight excluding hydrogens is 1130 g/mol. The van der Waals surface area contributed by atoms with E-state index in [1.807, 2.05) is 38.4 Å². The summed E-state index contributed by atoms with van der Waals surface area (Å²) in [6, 6.07) is 27.6. The van der Waals surface area contributed by atoms with Crippen molar-refractivity contribution in [3.8, 4) is 33.8 Å². The molecule has 448 valence electrons. The molecule has 10 heterocycles. The minimum Gasteiger partial charge on any atom is -0.397 e. The van der Waals surface area contributed by atoms with Crippen LogP contribution in [0.25, 0.3) is 33.8 Å². The first-order valence-corrected chi connectivity index (χ1v) is 28.2. The van der Waals surface area contributed by atoms with E-state index in [0.717, 1.165) is 100 Å². The number of likely N-dealkylation sites (tertiary alicyclic amines) is 1. The summed E-state index contributed by atoms with van der Waals surface area (Å²) in [5, 5.41) is 5.40. The van der Waals surface area contributed by atoms with Gasteiger partial charge in [-0.1, -0.05) is 19.1 Å². The number of halogens is 5. The Hall–Kier alpha value is -10.4. The first-order valence-electron chi connectivity index (χ1n) is 28.2. The average Bonchev–Trinajstić information content (AvgIpc) is 3.90. The second-order valence-electron chi connectivity index (χ2n) is 22.2. The van der Waals surface area contributed by atoms with Gasteiger partial charge in [-0.3, -0.25) is 40.3 Å². The van der Waals surface area contributed by atoms with E-state index >= 15 is 0 Å². The number of nitrogens with one attached hydrogen (secondary N) is 2. The van der Waals surface area contributed by atoms with Gasteiger partial charge >= 0.3 is 12.1 Å². The van der Waals surface area contributed by atoms with Gasteiger partial charge in [0.2, 0.25) is 5.91 Å². The van der Waals surface area contributed by atoms with E-state index in [1.165, 1.54) is 42.5 Å². The molecule has 0 atom stereocenters. The number of amides is 5. The van der Waals surface area contributed by atoms with E-state index in [4.69, 9.17) is 17.2 Å². The summed E-state index contributed by atoms with van der Waals surface area (Å²) in [7, 11) is 0. The quantitative estimate of drug-likeness (QED) is 0.0846. The Kier molecular flexibility index (Phi) is 17.0. The number of carbonyl (C=O) groups excluding carboxylic acids is 3. The van der Waals surface area contributed by atoms with Gasteiger partial charge in [-0.15, -0.1) is 0 Å². The summed E-state index contributed by atoms with van der Waals surface area (Å²) >= 11 is 0. The Balaban J connectivity index is 0.000000137. The van der Waals surface area contributed by atoms with E-state index in [1.54, 1.807) is 51.2 Å². The number of hydrogen-bond donors (Lipinski definition) is 5. The van der Waals surface area contributed by atoms with Crippen molar-refractivity contribution in [2.24, 2.45) is 5.92 Å². The number of pyridine rings is 6. The highest BCUT2D eigenvalue weighted by molar-refractivity contribution is 5.93. The molecule has 8 N–H and O–H groups in total. The van der Waals surface area contributed by atoms with E-state index in [2.05, 4.69) is 58.4 Å². The number of nitrogen functional groups attached to an aromatic ring is 3. The lowest BCUT2D eigenvalue weighted by Gasteiger charge is -2.36. The topological polar surface area (TPSA) is 244 Å². The Labute approximate surface area is 503 Å². The highest BCUT2D eigenvalue weighted by Crippen LogP contribution is 2.32. The fraction of sp³-hybridized carbons (Fsp3) is 0.215. The molecule has 0 bridgehead atoms. The number of urea groups is 2. The number of aryl methyl sites for hydroxylation is 2. The summed E-state index contributed by atoms with van der Waals surface area (Å²) in [6.45, 7) is 11.9. The maximum absolute atomic E-state index is 14.2. The molecule has 18 nitrogen and oxygen atoms in total. The van der Waals surface area contributed by atoms with Gasteiger partial charge in [0.15, 0.2) is 11.6 Å². The molecule has 3 aromatic carbocycles. The Morgan fingerprint density at radius 3 is 1.45 bits per heavy atom. The first kappa shape index (κ1) is 59.3. The molecule has 13 rings (SSSR count). The van der Waals surface area contributed by atoms with Gasteiger partial charge in [0.05, 0.1) is 52.0 Å². The van der Waals surface area contributed by atoms with Crippen molar-refractivity contribution in [1.82, 2.24) is 49.5 Å². The lowest BCUT2D eigenvalue weighted by molar-refractivity contribution is -0.131. The number of anilines is 5. The minimum atomic E-state index is -0.743. The SMILES string of the molecule is CC1CN(Cc2cc3c(cn2)CN(C(=O)Nc2nc(-c4ccc(F)cc4F)ccc2N)C3)C1.Cc1cc2c(cn1)CN(C(=O)Cc1nc(-c3ccccc3F)ccc1N)C2.Cc1cc2c(cn1)CN(C(=O)Nc1nc(-c3ccc(F)cc3F)ccc1N)C2. The van der Waals surface area contributed by atoms with Crippen molar-refractivity contribution >= 4 is 46.7 Å². The van der Waals surface area contributed by atoms with Crippen molar-refractivity contribution in [2.75, 3.05) is 40.9 Å². The summed E-state index contributed by atoms with van der Waals surface area (Å²) in [5.74, 6) is -2.27. The van der Waals surface area contributed by atoms with E-state index < -0.39 is 23.3 Å². The van der Waals surface area contributed by atoms with Crippen LogP contribution in [0.3, 0.4) is 0 Å². The fourth-order valence-electron chi connectivity index (χ4n) is 10.8. The van der Waals surface area contributed by atoms with Crippen molar-refractivity contribution in [2.45, 2.75) is 73.0 Å². The summed E-state index contributed by atoms with van der Waals surface area (Å²) in [4.78, 5) is 71.8. The molecule has 0 radical (unpaired) electrons. The van der Waals surface area contributed by atoms with E-state index in [-0.39, 0.29) is 75.7 Å². The van der Waals surface area contributed by atoms with Crippen LogP contribution in [0.2, 0.25) is 0 Å². The molecule has 6 aromatic heterocycles. The average molecular weight is 1190 g/mol. The summed E-state index contributed by atoms with van der Waals surface area (Å²) < 4.78 is 68.6. The molecule has 9 aromatic rings. The zero-order valence-electron chi connectivity index (χ0n) is 48.2. The molecule has 0 spiro atoms. The predicted molar refractivity (Wildman–Crippen MR) is 323 cm³/mol. The van der Waals surface area contributed by atoms with Crippen LogP contribution in [-0.4, -0.2) is 80.6 Å². The van der Waals surface area contributed by atoms with Crippen molar-refractivity contribution in [1.29, 1.82) is 0 Å². The number of benzene rings is 3. The van der Waals surface area contributed by atoms with Crippen LogP contribution in [0.4, 0.5) is 60.2 Å². The zero-order chi connectivity index (χ0) is 61.9. The second kappa shape index (κ2) is 25.3. The van der Waals surface area contributed by atoms with Crippen LogP contribution in [0.15, 0.2) is 134 Å². The monoisotopic (exact) mass is 1190 g/mol. The number of nitrogens with two attached hydrogens (primary N) is 3. The zero-order valence-corrected chi connectivity index (χ0v) is 48.2. The lowest BCUT2D eigenvalue weighted by Crippen LogP contribution is -2.44. The third-order valence-corrected chi connectivity index (χ3v) is 15.4. The molecule has 4 aliphatic heterocycles. The molecule has 88 heavy (non-hydrogen) atoms.